The summed E-state index contributed by atoms with van der Waals surface area (Å²) >= 11 is 0. The molecule has 34 heavy (non-hydrogen) atoms. The number of nitrogens with zero attached hydrogens (tertiary/aromatic N) is 3. The number of alkyl halides is 3. The van der Waals surface area contributed by atoms with E-state index >= 15 is 0 Å². The van der Waals surface area contributed by atoms with E-state index in [-0.39, 0.29) is 12.3 Å². The maximum absolute atomic E-state index is 13.5. The number of aromatic nitrogens is 2. The Kier molecular flexibility index (Phi) is 5.67. The molecule has 2 fully saturated rings. The highest BCUT2D eigenvalue weighted by molar-refractivity contribution is 5.97. The van der Waals surface area contributed by atoms with E-state index in [0.717, 1.165) is 18.7 Å². The molecule has 1 saturated carbocycles. The molecule has 1 N–H and O–H groups in total. The molecule has 0 radical (unpaired) electrons. The SMILES string of the molecule is O=C(Cc1ccc(N2CCC(O)(C3CC3)CC2)nc1)c1nc(-c2ccccc2)oc1C(F)(F)F. The summed E-state index contributed by atoms with van der Waals surface area (Å²) in [6, 6.07) is 11.6. The average Bonchev–Trinajstić information content (AvgIpc) is 3.59. The van der Waals surface area contributed by atoms with Gasteiger partial charge in [-0.2, -0.15) is 13.2 Å². The second kappa shape index (κ2) is 8.54. The van der Waals surface area contributed by atoms with Crippen LogP contribution >= 0.6 is 0 Å². The molecular formula is C25H24F3N3O3. The van der Waals surface area contributed by atoms with Crippen LogP contribution < -0.4 is 4.90 Å². The monoisotopic (exact) mass is 471 g/mol. The summed E-state index contributed by atoms with van der Waals surface area (Å²) in [4.78, 5) is 23.1. The number of Topliss-reactive ketones (excluding diaryl/α,β-unsaturated/α-hetero) is 1. The van der Waals surface area contributed by atoms with Crippen molar-refractivity contribution in [1.82, 2.24) is 9.97 Å². The van der Waals surface area contributed by atoms with Crippen molar-refractivity contribution in [2.75, 3.05) is 18.0 Å². The predicted molar refractivity (Wildman–Crippen MR) is 118 cm³/mol. The molecule has 0 amide bonds. The van der Waals surface area contributed by atoms with Crippen molar-refractivity contribution in [3.63, 3.8) is 0 Å². The normalized spacial score (nSPS) is 18.2. The number of carbonyl (C=O) groups is 1. The fourth-order valence-electron chi connectivity index (χ4n) is 4.53. The van der Waals surface area contributed by atoms with Gasteiger partial charge in [0.1, 0.15) is 5.82 Å². The van der Waals surface area contributed by atoms with Gasteiger partial charge in [0, 0.05) is 31.3 Å². The molecule has 3 heterocycles. The second-order valence-electron chi connectivity index (χ2n) is 9.05. The van der Waals surface area contributed by atoms with E-state index < -0.39 is 29.0 Å². The number of pyridine rings is 1. The Morgan fingerprint density at radius 2 is 1.82 bits per heavy atom. The van der Waals surface area contributed by atoms with Crippen molar-refractivity contribution >= 4 is 11.6 Å². The van der Waals surface area contributed by atoms with Crippen LogP contribution in [0.2, 0.25) is 0 Å². The first-order valence-electron chi connectivity index (χ1n) is 11.3. The predicted octanol–water partition coefficient (Wildman–Crippen LogP) is 4.92. The molecule has 6 nitrogen and oxygen atoms in total. The van der Waals surface area contributed by atoms with Crippen LogP contribution in [0.4, 0.5) is 19.0 Å². The van der Waals surface area contributed by atoms with Crippen LogP contribution in [0.15, 0.2) is 53.1 Å². The summed E-state index contributed by atoms with van der Waals surface area (Å²) in [7, 11) is 0. The van der Waals surface area contributed by atoms with Gasteiger partial charge in [-0.15, -0.1) is 0 Å². The Morgan fingerprint density at radius 1 is 1.12 bits per heavy atom. The molecule has 1 saturated heterocycles. The lowest BCUT2D eigenvalue weighted by Crippen LogP contribution is -2.46. The highest BCUT2D eigenvalue weighted by atomic mass is 19.4. The van der Waals surface area contributed by atoms with Gasteiger partial charge in [-0.25, -0.2) is 9.97 Å². The number of oxazole rings is 1. The van der Waals surface area contributed by atoms with Crippen molar-refractivity contribution in [1.29, 1.82) is 0 Å². The number of anilines is 1. The molecule has 0 spiro atoms. The largest absolute Gasteiger partial charge is 0.452 e. The van der Waals surface area contributed by atoms with E-state index in [1.54, 1.807) is 42.5 Å². The molecule has 2 aromatic heterocycles. The summed E-state index contributed by atoms with van der Waals surface area (Å²) in [6.07, 6.45) is -0.0636. The number of hydrogen-bond donors (Lipinski definition) is 1. The Morgan fingerprint density at radius 3 is 2.41 bits per heavy atom. The van der Waals surface area contributed by atoms with Gasteiger partial charge in [0.15, 0.2) is 11.5 Å². The Hall–Kier alpha value is -3.20. The summed E-state index contributed by atoms with van der Waals surface area (Å²) in [5, 5.41) is 10.7. The van der Waals surface area contributed by atoms with E-state index in [1.807, 2.05) is 0 Å². The van der Waals surface area contributed by atoms with E-state index in [2.05, 4.69) is 14.9 Å². The number of carbonyl (C=O) groups excluding carboxylic acids is 1. The zero-order valence-corrected chi connectivity index (χ0v) is 18.4. The first-order chi connectivity index (χ1) is 16.2. The van der Waals surface area contributed by atoms with Crippen LogP contribution in [-0.4, -0.2) is 39.5 Å². The molecule has 3 aromatic rings. The van der Waals surface area contributed by atoms with Gasteiger partial charge >= 0.3 is 6.18 Å². The lowest BCUT2D eigenvalue weighted by Gasteiger charge is -2.39. The number of hydrogen-bond acceptors (Lipinski definition) is 6. The average molecular weight is 471 g/mol. The minimum atomic E-state index is -4.84. The number of aliphatic hydroxyl groups is 1. The molecule has 2 aliphatic rings. The van der Waals surface area contributed by atoms with E-state index in [4.69, 9.17) is 4.42 Å². The molecule has 1 aromatic carbocycles. The van der Waals surface area contributed by atoms with E-state index in [1.165, 1.54) is 6.20 Å². The summed E-state index contributed by atoms with van der Waals surface area (Å²) in [6.45, 7) is 1.38. The molecule has 0 atom stereocenters. The van der Waals surface area contributed by atoms with Crippen molar-refractivity contribution in [3.05, 3.63) is 65.7 Å². The number of piperidine rings is 1. The molecule has 178 valence electrons. The topological polar surface area (TPSA) is 79.5 Å². The van der Waals surface area contributed by atoms with Gasteiger partial charge in [-0.3, -0.25) is 4.79 Å². The minimum Gasteiger partial charge on any atom is -0.431 e. The standard InChI is InChI=1S/C25H24F3N3O3/c26-25(27,28)22-21(30-23(34-22)17-4-2-1-3-5-17)19(32)14-16-6-9-20(29-15-16)31-12-10-24(33,11-13-31)18-7-8-18/h1-6,9,15,18,33H,7-8,10-14H2. The van der Waals surface area contributed by atoms with Gasteiger partial charge in [-0.05, 0) is 55.4 Å². The van der Waals surface area contributed by atoms with Gasteiger partial charge in [-0.1, -0.05) is 24.3 Å². The minimum absolute atomic E-state index is 0.249. The highest BCUT2D eigenvalue weighted by Crippen LogP contribution is 2.45. The van der Waals surface area contributed by atoms with E-state index in [9.17, 15) is 23.1 Å². The van der Waals surface area contributed by atoms with Gasteiger partial charge in [0.05, 0.1) is 5.60 Å². The van der Waals surface area contributed by atoms with Gasteiger partial charge in [0.2, 0.25) is 11.7 Å². The molecule has 1 aliphatic heterocycles. The smallest absolute Gasteiger partial charge is 0.431 e. The maximum Gasteiger partial charge on any atom is 0.452 e. The summed E-state index contributed by atoms with van der Waals surface area (Å²) in [5.74, 6) is -1.30. The van der Waals surface area contributed by atoms with Crippen molar-refractivity contribution in [2.24, 2.45) is 5.92 Å². The number of benzene rings is 1. The summed E-state index contributed by atoms with van der Waals surface area (Å²) in [5.41, 5.74) is -0.466. The third-order valence-electron chi connectivity index (χ3n) is 6.63. The maximum atomic E-state index is 13.5. The molecular weight excluding hydrogens is 447 g/mol. The van der Waals surface area contributed by atoms with Crippen molar-refractivity contribution in [3.8, 4) is 11.5 Å². The third kappa shape index (κ3) is 4.57. The molecule has 5 rings (SSSR count). The zero-order valence-electron chi connectivity index (χ0n) is 18.4. The van der Waals surface area contributed by atoms with Crippen LogP contribution in [0.3, 0.4) is 0 Å². The summed E-state index contributed by atoms with van der Waals surface area (Å²) < 4.78 is 45.5. The van der Waals surface area contributed by atoms with Crippen LogP contribution in [0.25, 0.3) is 11.5 Å². The van der Waals surface area contributed by atoms with Gasteiger partial charge < -0.3 is 14.4 Å². The first-order valence-corrected chi connectivity index (χ1v) is 11.3. The lowest BCUT2D eigenvalue weighted by atomic mass is 9.87. The Bertz CT molecular complexity index is 1160. The number of halogens is 3. The zero-order chi connectivity index (χ0) is 23.9. The lowest BCUT2D eigenvalue weighted by molar-refractivity contribution is -0.153. The van der Waals surface area contributed by atoms with Crippen LogP contribution in [0, 0.1) is 5.92 Å². The van der Waals surface area contributed by atoms with Crippen molar-refractivity contribution in [2.45, 2.75) is 43.9 Å². The van der Waals surface area contributed by atoms with Crippen molar-refractivity contribution < 1.29 is 27.5 Å². The third-order valence-corrected chi connectivity index (χ3v) is 6.63. The number of ketones is 1. The molecule has 0 unspecified atom stereocenters. The second-order valence-corrected chi connectivity index (χ2v) is 9.05. The molecule has 0 bridgehead atoms. The fraction of sp³-hybridized carbons (Fsp3) is 0.400. The first kappa shape index (κ1) is 22.6. The fourth-order valence-corrected chi connectivity index (χ4v) is 4.53. The number of rotatable bonds is 6. The van der Waals surface area contributed by atoms with E-state index in [0.29, 0.717) is 43.0 Å². The van der Waals surface area contributed by atoms with Crippen LogP contribution in [0.1, 0.15) is 47.5 Å². The van der Waals surface area contributed by atoms with Gasteiger partial charge in [0.25, 0.3) is 0 Å². The Labute approximate surface area is 194 Å². The Balaban J connectivity index is 1.29. The highest BCUT2D eigenvalue weighted by Gasteiger charge is 2.45. The van der Waals surface area contributed by atoms with Crippen LogP contribution in [0.5, 0.6) is 0 Å². The molecule has 9 heteroatoms. The quantitative estimate of drug-likeness (QED) is 0.514. The van der Waals surface area contributed by atoms with Crippen LogP contribution in [-0.2, 0) is 12.6 Å². The molecule has 1 aliphatic carbocycles.